The van der Waals surface area contributed by atoms with Gasteiger partial charge in [0.15, 0.2) is 0 Å². The first kappa shape index (κ1) is 8.10. The average molecular weight is 177 g/mol. The Bertz CT molecular complexity index is 328. The lowest BCUT2D eigenvalue weighted by Crippen LogP contribution is -2.31. The monoisotopic (exact) mass is 177 g/mol. The molecule has 0 amide bonds. The molecule has 0 saturated carbocycles. The quantitative estimate of drug-likeness (QED) is 0.649. The molecule has 0 spiro atoms. The molecule has 1 aliphatic carbocycles. The fourth-order valence-corrected chi connectivity index (χ4v) is 1.84. The molecular formula is C10H11NO2. The number of allylic oxidation sites excluding steroid dienone is 2. The zero-order chi connectivity index (χ0) is 9.42. The molecule has 0 aromatic carbocycles. The van der Waals surface area contributed by atoms with Crippen molar-refractivity contribution in [2.45, 2.75) is 6.04 Å². The largest absolute Gasteiger partial charge is 0.478 e. The lowest BCUT2D eigenvalue weighted by molar-refractivity contribution is -0.133. The predicted molar refractivity (Wildman–Crippen MR) is 49.0 cm³/mol. The second-order valence-electron chi connectivity index (χ2n) is 3.34. The van der Waals surface area contributed by atoms with Crippen LogP contribution in [0, 0.1) is 5.92 Å². The molecule has 0 aromatic rings. The Morgan fingerprint density at radius 1 is 1.54 bits per heavy atom. The maximum Gasteiger partial charge on any atom is 0.332 e. The van der Waals surface area contributed by atoms with Crippen LogP contribution in [0.1, 0.15) is 0 Å². The Morgan fingerprint density at radius 3 is 3.00 bits per heavy atom. The van der Waals surface area contributed by atoms with Crippen LogP contribution in [-0.4, -0.2) is 29.1 Å². The first-order valence-electron chi connectivity index (χ1n) is 4.22. The van der Waals surface area contributed by atoms with Crippen molar-refractivity contribution in [2.24, 2.45) is 5.92 Å². The van der Waals surface area contributed by atoms with Crippen molar-refractivity contribution < 1.29 is 9.90 Å². The van der Waals surface area contributed by atoms with Crippen LogP contribution < -0.4 is 0 Å². The van der Waals surface area contributed by atoms with E-state index in [1.54, 1.807) is 6.08 Å². The zero-order valence-electron chi connectivity index (χ0n) is 7.34. The maximum atomic E-state index is 10.8. The number of likely N-dealkylation sites (N-methyl/N-ethyl adjacent to an activating group) is 1. The SMILES string of the molecule is CN1C=CC2C(C(=O)O)=CC=CC21. The number of carbonyl (C=O) groups is 1. The summed E-state index contributed by atoms with van der Waals surface area (Å²) in [6, 6.07) is 0.191. The van der Waals surface area contributed by atoms with E-state index in [2.05, 4.69) is 0 Å². The third kappa shape index (κ3) is 1.16. The standard InChI is InChI=1S/C10H11NO2/c1-11-6-5-7-8(10(12)13)3-2-4-9(7)11/h2-7,9H,1H3,(H,12,13). The van der Waals surface area contributed by atoms with Gasteiger partial charge < -0.3 is 10.0 Å². The number of carboxylic acids is 1. The van der Waals surface area contributed by atoms with Crippen LogP contribution in [0.4, 0.5) is 0 Å². The van der Waals surface area contributed by atoms with Crippen LogP contribution in [0.3, 0.4) is 0 Å². The van der Waals surface area contributed by atoms with Crippen molar-refractivity contribution in [3.8, 4) is 0 Å². The molecule has 0 bridgehead atoms. The predicted octanol–water partition coefficient (Wildman–Crippen LogP) is 1.01. The number of aliphatic carboxylic acids is 1. The molecule has 2 rings (SSSR count). The molecule has 13 heavy (non-hydrogen) atoms. The van der Waals surface area contributed by atoms with Gasteiger partial charge in [0.25, 0.3) is 0 Å². The van der Waals surface area contributed by atoms with Crippen molar-refractivity contribution in [3.05, 3.63) is 36.1 Å². The number of nitrogens with zero attached hydrogens (tertiary/aromatic N) is 1. The number of fused-ring (bicyclic) bond motifs is 1. The summed E-state index contributed by atoms with van der Waals surface area (Å²) < 4.78 is 0. The summed E-state index contributed by atoms with van der Waals surface area (Å²) >= 11 is 0. The molecule has 1 aliphatic heterocycles. The molecule has 1 heterocycles. The van der Waals surface area contributed by atoms with Crippen molar-refractivity contribution in [3.63, 3.8) is 0 Å². The first-order valence-corrected chi connectivity index (χ1v) is 4.22. The Labute approximate surface area is 76.7 Å². The summed E-state index contributed by atoms with van der Waals surface area (Å²) in [5.74, 6) is -0.799. The molecule has 2 aliphatic rings. The van der Waals surface area contributed by atoms with Gasteiger partial charge in [-0.3, -0.25) is 0 Å². The molecule has 3 nitrogen and oxygen atoms in total. The molecule has 68 valence electrons. The molecule has 2 atom stereocenters. The third-order valence-corrected chi connectivity index (χ3v) is 2.56. The second-order valence-corrected chi connectivity index (χ2v) is 3.34. The fourth-order valence-electron chi connectivity index (χ4n) is 1.84. The summed E-state index contributed by atoms with van der Waals surface area (Å²) in [6.07, 6.45) is 9.38. The smallest absolute Gasteiger partial charge is 0.332 e. The summed E-state index contributed by atoms with van der Waals surface area (Å²) in [6.45, 7) is 0. The topological polar surface area (TPSA) is 40.5 Å². The van der Waals surface area contributed by atoms with Gasteiger partial charge in [0.1, 0.15) is 0 Å². The highest BCUT2D eigenvalue weighted by Crippen LogP contribution is 2.30. The summed E-state index contributed by atoms with van der Waals surface area (Å²) in [5, 5.41) is 8.92. The molecule has 0 saturated heterocycles. The second kappa shape index (κ2) is 2.76. The Morgan fingerprint density at radius 2 is 2.31 bits per heavy atom. The van der Waals surface area contributed by atoms with Crippen molar-refractivity contribution >= 4 is 5.97 Å². The highest BCUT2D eigenvalue weighted by molar-refractivity contribution is 5.88. The molecule has 0 fully saturated rings. The van der Waals surface area contributed by atoms with Gasteiger partial charge in [-0.15, -0.1) is 0 Å². The highest BCUT2D eigenvalue weighted by Gasteiger charge is 2.32. The van der Waals surface area contributed by atoms with E-state index in [0.29, 0.717) is 5.57 Å². The minimum atomic E-state index is -0.820. The summed E-state index contributed by atoms with van der Waals surface area (Å²) in [7, 11) is 1.95. The Balaban J connectivity index is 2.32. The van der Waals surface area contributed by atoms with Crippen LogP contribution in [0.25, 0.3) is 0 Å². The van der Waals surface area contributed by atoms with Gasteiger partial charge in [-0.2, -0.15) is 0 Å². The van der Waals surface area contributed by atoms with Gasteiger partial charge in [-0.05, 0) is 6.20 Å². The third-order valence-electron chi connectivity index (χ3n) is 2.56. The van der Waals surface area contributed by atoms with E-state index in [1.807, 2.05) is 36.4 Å². The van der Waals surface area contributed by atoms with Gasteiger partial charge in [0, 0.05) is 18.5 Å². The number of rotatable bonds is 1. The summed E-state index contributed by atoms with van der Waals surface area (Å²) in [4.78, 5) is 12.9. The summed E-state index contributed by atoms with van der Waals surface area (Å²) in [5.41, 5.74) is 0.480. The number of carboxylic acid groups (broad SMARTS) is 1. The van der Waals surface area contributed by atoms with Gasteiger partial charge in [-0.25, -0.2) is 4.79 Å². The number of hydrogen-bond donors (Lipinski definition) is 1. The minimum absolute atomic E-state index is 0.0208. The molecular weight excluding hydrogens is 166 g/mol. The van der Waals surface area contributed by atoms with Gasteiger partial charge >= 0.3 is 5.97 Å². The fraction of sp³-hybridized carbons (Fsp3) is 0.300. The van der Waals surface area contributed by atoms with Crippen molar-refractivity contribution in [2.75, 3.05) is 7.05 Å². The van der Waals surface area contributed by atoms with E-state index in [9.17, 15) is 4.79 Å². The van der Waals surface area contributed by atoms with E-state index < -0.39 is 5.97 Å². The van der Waals surface area contributed by atoms with Crippen LogP contribution >= 0.6 is 0 Å². The van der Waals surface area contributed by atoms with Crippen LogP contribution in [0.2, 0.25) is 0 Å². The van der Waals surface area contributed by atoms with Crippen molar-refractivity contribution in [1.29, 1.82) is 0 Å². The number of hydrogen-bond acceptors (Lipinski definition) is 2. The minimum Gasteiger partial charge on any atom is -0.478 e. The first-order chi connectivity index (χ1) is 6.20. The maximum absolute atomic E-state index is 10.8. The van der Waals surface area contributed by atoms with Crippen LogP contribution in [-0.2, 0) is 4.79 Å². The molecule has 2 unspecified atom stereocenters. The highest BCUT2D eigenvalue weighted by atomic mass is 16.4. The van der Waals surface area contributed by atoms with E-state index in [0.717, 1.165) is 0 Å². The lowest BCUT2D eigenvalue weighted by atomic mass is 9.89. The van der Waals surface area contributed by atoms with E-state index >= 15 is 0 Å². The molecule has 0 aromatic heterocycles. The van der Waals surface area contributed by atoms with Gasteiger partial charge in [-0.1, -0.05) is 24.3 Å². The Kier molecular flexibility index (Phi) is 1.72. The Hall–Kier alpha value is -1.51. The van der Waals surface area contributed by atoms with Crippen LogP contribution in [0.5, 0.6) is 0 Å². The normalized spacial score (nSPS) is 30.2. The zero-order valence-corrected chi connectivity index (χ0v) is 7.34. The lowest BCUT2D eigenvalue weighted by Gasteiger charge is -2.25. The molecule has 3 heteroatoms. The molecule has 0 radical (unpaired) electrons. The van der Waals surface area contributed by atoms with E-state index in [4.69, 9.17) is 5.11 Å². The molecule has 1 N–H and O–H groups in total. The van der Waals surface area contributed by atoms with Crippen molar-refractivity contribution in [1.82, 2.24) is 4.90 Å². The van der Waals surface area contributed by atoms with Gasteiger partial charge in [0.2, 0.25) is 0 Å². The van der Waals surface area contributed by atoms with E-state index in [1.165, 1.54) is 0 Å². The van der Waals surface area contributed by atoms with Gasteiger partial charge in [0.05, 0.1) is 6.04 Å². The van der Waals surface area contributed by atoms with Crippen LogP contribution in [0.15, 0.2) is 36.1 Å². The average Bonchev–Trinajstić information content (AvgIpc) is 2.48. The van der Waals surface area contributed by atoms with E-state index in [-0.39, 0.29) is 12.0 Å².